The zero-order valence-corrected chi connectivity index (χ0v) is 27.4. The molecule has 2 aromatic carbocycles. The van der Waals surface area contributed by atoms with Gasteiger partial charge in [-0.15, -0.1) is 11.3 Å². The van der Waals surface area contributed by atoms with Crippen molar-refractivity contribution in [2.45, 2.75) is 57.0 Å². The molecular formula is C31H31F3N6O5S2. The van der Waals surface area contributed by atoms with E-state index < -0.39 is 55.7 Å². The van der Waals surface area contributed by atoms with Crippen molar-refractivity contribution in [1.29, 1.82) is 0 Å². The molecule has 16 heteroatoms. The average molecular weight is 689 g/mol. The maximum absolute atomic E-state index is 16.2. The van der Waals surface area contributed by atoms with Gasteiger partial charge < -0.3 is 9.64 Å². The first-order valence-corrected chi connectivity index (χ1v) is 16.8. The first kappa shape index (κ1) is 33.8. The molecule has 1 aliphatic heterocycles. The topological polar surface area (TPSA) is 143 Å². The van der Waals surface area contributed by atoms with Crippen molar-refractivity contribution in [1.82, 2.24) is 19.9 Å². The molecule has 0 saturated carbocycles. The molecule has 3 heterocycles. The van der Waals surface area contributed by atoms with Gasteiger partial charge in [0.05, 0.1) is 27.0 Å². The third kappa shape index (κ3) is 7.88. The molecule has 2 aromatic heterocycles. The largest absolute Gasteiger partial charge is 0.444 e. The first-order chi connectivity index (χ1) is 22.1. The number of hydrogen-bond donors (Lipinski definition) is 2. The number of hydrogen-bond acceptors (Lipinski definition) is 9. The third-order valence-corrected chi connectivity index (χ3v) is 9.54. The summed E-state index contributed by atoms with van der Waals surface area (Å²) < 4.78 is 77.9. The Balaban J connectivity index is 1.57. The number of carbonyl (C=O) groups excluding carboxylic acids is 2. The fourth-order valence-corrected chi connectivity index (χ4v) is 7.24. The number of carbonyl (C=O) groups is 2. The number of piperidine rings is 1. The van der Waals surface area contributed by atoms with Gasteiger partial charge in [-0.3, -0.25) is 14.8 Å². The predicted octanol–water partition coefficient (Wildman–Crippen LogP) is 6.56. The Kier molecular flexibility index (Phi) is 9.54. The van der Waals surface area contributed by atoms with E-state index in [0.717, 1.165) is 12.1 Å². The summed E-state index contributed by atoms with van der Waals surface area (Å²) in [6, 6.07) is 7.39. The molecular weight excluding hydrogens is 658 g/mol. The van der Waals surface area contributed by atoms with E-state index in [2.05, 4.69) is 15.3 Å². The smallest absolute Gasteiger partial charge is 0.410 e. The molecule has 0 bridgehead atoms. The zero-order valence-electron chi connectivity index (χ0n) is 25.8. The Morgan fingerprint density at radius 2 is 1.85 bits per heavy atom. The lowest BCUT2D eigenvalue weighted by atomic mass is 9.99. The van der Waals surface area contributed by atoms with Crippen molar-refractivity contribution >= 4 is 45.0 Å². The van der Waals surface area contributed by atoms with Crippen molar-refractivity contribution in [3.05, 3.63) is 71.1 Å². The Hall–Kier alpha value is -4.57. The number of ether oxygens (including phenoxy) is 1. The lowest BCUT2D eigenvalue weighted by Crippen LogP contribution is -2.42. The molecule has 248 valence electrons. The van der Waals surface area contributed by atoms with Crippen LogP contribution in [0.25, 0.3) is 21.8 Å². The average Bonchev–Trinajstić information content (AvgIpc) is 3.44. The summed E-state index contributed by atoms with van der Waals surface area (Å²) in [7, 11) is -4.74. The Labute approximate surface area is 273 Å². The van der Waals surface area contributed by atoms with Crippen molar-refractivity contribution < 1.29 is 35.9 Å². The number of halogens is 3. The lowest BCUT2D eigenvalue weighted by molar-refractivity contribution is -0.114. The second kappa shape index (κ2) is 13.3. The van der Waals surface area contributed by atoms with E-state index in [1.165, 1.54) is 36.6 Å². The number of anilines is 2. The van der Waals surface area contributed by atoms with Gasteiger partial charge in [-0.2, -0.15) is 0 Å². The second-order valence-corrected chi connectivity index (χ2v) is 14.5. The van der Waals surface area contributed by atoms with E-state index in [9.17, 15) is 26.8 Å². The van der Waals surface area contributed by atoms with Crippen LogP contribution in [0.15, 0.2) is 53.6 Å². The van der Waals surface area contributed by atoms with Gasteiger partial charge in [-0.1, -0.05) is 6.07 Å². The number of nitrogens with zero attached hydrogens (tertiary/aromatic N) is 4. The molecule has 1 aliphatic rings. The van der Waals surface area contributed by atoms with Gasteiger partial charge in [-0.05, 0) is 70.0 Å². The van der Waals surface area contributed by atoms with Crippen molar-refractivity contribution in [2.24, 2.45) is 0 Å². The molecule has 1 fully saturated rings. The fraction of sp³-hybridized carbons (Fsp3) is 0.323. The molecule has 47 heavy (non-hydrogen) atoms. The molecule has 1 unspecified atom stereocenters. The summed E-state index contributed by atoms with van der Waals surface area (Å²) in [6.45, 7) is 7.42. The van der Waals surface area contributed by atoms with E-state index >= 15 is 4.39 Å². The van der Waals surface area contributed by atoms with Gasteiger partial charge in [0.25, 0.3) is 10.0 Å². The van der Waals surface area contributed by atoms with Crippen LogP contribution in [0.2, 0.25) is 0 Å². The van der Waals surface area contributed by atoms with Crippen LogP contribution in [0, 0.1) is 17.5 Å². The summed E-state index contributed by atoms with van der Waals surface area (Å²) in [5.41, 5.74) is -0.907. The highest BCUT2D eigenvalue weighted by molar-refractivity contribution is 7.92. The predicted molar refractivity (Wildman–Crippen MR) is 170 cm³/mol. The molecule has 2 amide bonds. The number of aromatic nitrogens is 3. The van der Waals surface area contributed by atoms with Gasteiger partial charge in [0.1, 0.15) is 22.1 Å². The minimum Gasteiger partial charge on any atom is -0.444 e. The zero-order chi connectivity index (χ0) is 34.1. The van der Waals surface area contributed by atoms with E-state index in [4.69, 9.17) is 9.72 Å². The van der Waals surface area contributed by atoms with Gasteiger partial charge in [0.2, 0.25) is 11.9 Å². The minimum atomic E-state index is -4.74. The van der Waals surface area contributed by atoms with Crippen LogP contribution in [0.3, 0.4) is 0 Å². The van der Waals surface area contributed by atoms with Crippen LogP contribution in [0.5, 0.6) is 0 Å². The van der Waals surface area contributed by atoms with Crippen molar-refractivity contribution in [3.63, 3.8) is 0 Å². The van der Waals surface area contributed by atoms with Crippen LogP contribution in [-0.4, -0.2) is 59.0 Å². The standard InChI is InChI=1S/C31H31F3N6O5S2/c1-17(41)36-29-35-13-12-23(37-29)27-26(38-28(46-27)18-7-6-14-40(16-18)30(42)45-31(2,3)4)20-8-5-9-22(25(20)34)39-47(43,44)24-15-19(32)10-11-21(24)33/h5,8-13,15,18,39H,6-7,14,16H2,1-4H3,(H,35,36,37,41). The lowest BCUT2D eigenvalue weighted by Gasteiger charge is -2.33. The molecule has 5 rings (SSSR count). The monoisotopic (exact) mass is 688 g/mol. The molecule has 1 atom stereocenters. The quantitative estimate of drug-likeness (QED) is 0.222. The van der Waals surface area contributed by atoms with Crippen LogP contribution in [0.4, 0.5) is 29.6 Å². The number of sulfonamides is 1. The van der Waals surface area contributed by atoms with E-state index in [1.807, 2.05) is 4.72 Å². The molecule has 2 N–H and O–H groups in total. The van der Waals surface area contributed by atoms with Crippen molar-refractivity contribution in [3.8, 4) is 21.8 Å². The number of nitrogens with one attached hydrogen (secondary N) is 2. The first-order valence-electron chi connectivity index (χ1n) is 14.5. The van der Waals surface area contributed by atoms with Gasteiger partial charge in [-0.25, -0.2) is 41.3 Å². The molecule has 4 aromatic rings. The fourth-order valence-electron chi connectivity index (χ4n) is 4.92. The van der Waals surface area contributed by atoms with Crippen molar-refractivity contribution in [2.75, 3.05) is 23.1 Å². The number of benzene rings is 2. The molecule has 1 saturated heterocycles. The highest BCUT2D eigenvalue weighted by Gasteiger charge is 2.32. The van der Waals surface area contributed by atoms with Gasteiger partial charge in [0, 0.05) is 37.7 Å². The summed E-state index contributed by atoms with van der Waals surface area (Å²) in [6.07, 6.45) is 2.29. The maximum Gasteiger partial charge on any atom is 0.410 e. The van der Waals surface area contributed by atoms with Crippen LogP contribution < -0.4 is 10.0 Å². The second-order valence-electron chi connectivity index (χ2n) is 11.8. The Morgan fingerprint density at radius 3 is 2.57 bits per heavy atom. The summed E-state index contributed by atoms with van der Waals surface area (Å²) >= 11 is 1.21. The highest BCUT2D eigenvalue weighted by atomic mass is 32.2. The molecule has 0 spiro atoms. The molecule has 0 radical (unpaired) electrons. The minimum absolute atomic E-state index is 0.00349. The van der Waals surface area contributed by atoms with Gasteiger partial charge >= 0.3 is 6.09 Å². The molecule has 11 nitrogen and oxygen atoms in total. The van der Waals surface area contributed by atoms with Gasteiger partial charge in [0.15, 0.2) is 5.82 Å². The molecule has 0 aliphatic carbocycles. The number of amides is 2. The maximum atomic E-state index is 16.2. The number of thiazole rings is 1. The summed E-state index contributed by atoms with van der Waals surface area (Å²) in [5, 5.41) is 3.07. The summed E-state index contributed by atoms with van der Waals surface area (Å²) in [5.74, 6) is -3.88. The van der Waals surface area contributed by atoms with Crippen LogP contribution in [-0.2, 0) is 19.6 Å². The van der Waals surface area contributed by atoms with E-state index in [1.54, 1.807) is 31.7 Å². The van der Waals surface area contributed by atoms with E-state index in [0.29, 0.717) is 53.6 Å². The highest BCUT2D eigenvalue weighted by Crippen LogP contribution is 2.42. The summed E-state index contributed by atoms with van der Waals surface area (Å²) in [4.78, 5) is 38.8. The normalized spacial score (nSPS) is 15.3. The Bertz CT molecular complexity index is 1950. The van der Waals surface area contributed by atoms with Crippen LogP contribution >= 0.6 is 11.3 Å². The SMILES string of the molecule is CC(=O)Nc1nccc(-c2sc(C3CCCN(C(=O)OC(C)(C)C)C3)nc2-c2cccc(NS(=O)(=O)c3cc(F)ccc3F)c2F)n1. The number of likely N-dealkylation sites (tertiary alicyclic amines) is 1. The Morgan fingerprint density at radius 1 is 1.09 bits per heavy atom. The third-order valence-electron chi connectivity index (χ3n) is 6.92. The van der Waals surface area contributed by atoms with E-state index in [-0.39, 0.29) is 23.1 Å². The number of rotatable bonds is 7. The van der Waals surface area contributed by atoms with Crippen LogP contribution in [0.1, 0.15) is 51.5 Å².